The third-order valence-corrected chi connectivity index (χ3v) is 17.6. The summed E-state index contributed by atoms with van der Waals surface area (Å²) < 4.78 is 31.9. The molecule has 5 aliphatic carbocycles. The highest BCUT2D eigenvalue weighted by molar-refractivity contribution is 5.33. The average molecular weight is 785 g/mol. The molecular weight excluding hydrogens is 716 g/mol. The van der Waals surface area contributed by atoms with E-state index in [0.29, 0.717) is 25.7 Å². The number of aliphatic hydroxyl groups is 9. The molecule has 0 unspecified atom stereocenters. The van der Waals surface area contributed by atoms with E-state index in [0.717, 1.165) is 32.1 Å². The van der Waals surface area contributed by atoms with Gasteiger partial charge in [-0.1, -0.05) is 27.7 Å². The lowest BCUT2D eigenvalue weighted by atomic mass is 9.41. The molecule has 0 aromatic heterocycles. The Morgan fingerprint density at radius 2 is 1.40 bits per heavy atom. The molecule has 0 amide bonds. The van der Waals surface area contributed by atoms with Gasteiger partial charge in [0.15, 0.2) is 12.6 Å². The first-order valence-electron chi connectivity index (χ1n) is 20.9. The number of hydrogen-bond acceptors (Lipinski definition) is 14. The van der Waals surface area contributed by atoms with Crippen molar-refractivity contribution in [2.24, 2.45) is 44.8 Å². The van der Waals surface area contributed by atoms with Crippen molar-refractivity contribution in [3.63, 3.8) is 0 Å². The number of hydrogen-bond donors (Lipinski definition) is 9. The standard InChI is InChI=1S/C41H68O14/c1-35(2)24(54-33-29(48)26(45)20(44)17-51-33)9-11-41-18-40(41)13-12-37(5)31(39(7)10-8-25(55-39)36(3,4)50)19(43)15-38(37,6)23(40)14-21(32(35)41)52-34-30(49)28(47)27(46)22(16-42)53-34/h19-34,42-50H,8-18H2,1-7H3/t19-,20+,21-,22+,23-,24-,25-,26-,27+,28-,29+,30+,31-,32-,33-,34+,37+,38-,39-,40-,41+/m0/s1. The van der Waals surface area contributed by atoms with Gasteiger partial charge < -0.3 is 69.6 Å². The lowest BCUT2D eigenvalue weighted by Crippen LogP contribution is -2.65. The smallest absolute Gasteiger partial charge is 0.186 e. The Labute approximate surface area is 324 Å². The number of ether oxygens (including phenoxy) is 5. The summed E-state index contributed by atoms with van der Waals surface area (Å²) in [6, 6.07) is 0. The van der Waals surface area contributed by atoms with Crippen molar-refractivity contribution in [1.29, 1.82) is 0 Å². The van der Waals surface area contributed by atoms with Crippen LogP contribution in [-0.4, -0.2) is 150 Å². The summed E-state index contributed by atoms with van der Waals surface area (Å²) in [6.45, 7) is 13.8. The summed E-state index contributed by atoms with van der Waals surface area (Å²) >= 11 is 0. The molecule has 55 heavy (non-hydrogen) atoms. The first-order chi connectivity index (χ1) is 25.5. The van der Waals surface area contributed by atoms with Crippen molar-refractivity contribution in [3.8, 4) is 0 Å². The lowest BCUT2D eigenvalue weighted by Gasteiger charge is -2.65. The Balaban J connectivity index is 1.15. The Morgan fingerprint density at radius 3 is 2.05 bits per heavy atom. The van der Waals surface area contributed by atoms with Crippen LogP contribution in [0.3, 0.4) is 0 Å². The maximum Gasteiger partial charge on any atom is 0.186 e. The molecule has 14 nitrogen and oxygen atoms in total. The highest BCUT2D eigenvalue weighted by atomic mass is 16.7. The molecule has 8 aliphatic rings. The molecule has 0 bridgehead atoms. The van der Waals surface area contributed by atoms with E-state index in [1.165, 1.54) is 0 Å². The minimum absolute atomic E-state index is 0.0633. The highest BCUT2D eigenvalue weighted by Crippen LogP contribution is 2.89. The molecule has 3 heterocycles. The summed E-state index contributed by atoms with van der Waals surface area (Å²) in [7, 11) is 0. The third kappa shape index (κ3) is 5.70. The van der Waals surface area contributed by atoms with Crippen molar-refractivity contribution in [2.45, 2.75) is 197 Å². The van der Waals surface area contributed by atoms with Gasteiger partial charge in [-0.25, -0.2) is 0 Å². The Bertz CT molecular complexity index is 1460. The van der Waals surface area contributed by atoms with Crippen LogP contribution in [0.1, 0.15) is 106 Å². The van der Waals surface area contributed by atoms with E-state index < -0.39 is 96.8 Å². The molecule has 2 spiro atoms. The molecular formula is C41H68O14. The van der Waals surface area contributed by atoms with E-state index in [4.69, 9.17) is 23.7 Å². The van der Waals surface area contributed by atoms with Crippen molar-refractivity contribution in [2.75, 3.05) is 13.2 Å². The van der Waals surface area contributed by atoms with Crippen LogP contribution in [-0.2, 0) is 23.7 Å². The number of aliphatic hydroxyl groups excluding tert-OH is 8. The van der Waals surface area contributed by atoms with E-state index in [1.54, 1.807) is 13.8 Å². The fourth-order valence-electron chi connectivity index (χ4n) is 14.9. The second-order valence-electron chi connectivity index (χ2n) is 21.1. The highest BCUT2D eigenvalue weighted by Gasteiger charge is 2.85. The van der Waals surface area contributed by atoms with E-state index in [9.17, 15) is 46.0 Å². The van der Waals surface area contributed by atoms with Gasteiger partial charge in [-0.15, -0.1) is 0 Å². The monoisotopic (exact) mass is 784 g/mol. The van der Waals surface area contributed by atoms with Crippen LogP contribution in [0.5, 0.6) is 0 Å². The first-order valence-corrected chi connectivity index (χ1v) is 20.9. The van der Waals surface area contributed by atoms with Crippen molar-refractivity contribution in [1.82, 2.24) is 0 Å². The van der Waals surface area contributed by atoms with Crippen LogP contribution < -0.4 is 0 Å². The number of fused-ring (bicyclic) bond motifs is 2. The van der Waals surface area contributed by atoms with E-state index >= 15 is 0 Å². The molecule has 316 valence electrons. The lowest BCUT2D eigenvalue weighted by molar-refractivity contribution is -0.339. The van der Waals surface area contributed by atoms with Gasteiger partial charge in [-0.05, 0) is 117 Å². The Morgan fingerprint density at radius 1 is 0.709 bits per heavy atom. The van der Waals surface area contributed by atoms with E-state index in [-0.39, 0.29) is 52.1 Å². The van der Waals surface area contributed by atoms with Gasteiger partial charge in [0.1, 0.15) is 42.7 Å². The van der Waals surface area contributed by atoms with Gasteiger partial charge in [-0.3, -0.25) is 0 Å². The van der Waals surface area contributed by atoms with Gasteiger partial charge >= 0.3 is 0 Å². The molecule has 21 atom stereocenters. The summed E-state index contributed by atoms with van der Waals surface area (Å²) in [5.41, 5.74) is -3.16. The molecule has 0 aromatic carbocycles. The molecule has 8 fully saturated rings. The molecule has 3 saturated heterocycles. The molecule has 9 N–H and O–H groups in total. The molecule has 5 saturated carbocycles. The third-order valence-electron chi connectivity index (χ3n) is 17.6. The number of rotatable bonds is 7. The van der Waals surface area contributed by atoms with Crippen LogP contribution in [0.2, 0.25) is 0 Å². The zero-order chi connectivity index (χ0) is 40.1. The molecule has 0 aromatic rings. The van der Waals surface area contributed by atoms with Crippen LogP contribution >= 0.6 is 0 Å². The SMILES string of the molecule is CC(C)(O)[C@@H]1CC[C@@](C)([C@H]2[C@@H](O)C[C@@]3(C)[C@@H]4C[C@H](O[C@@H]5O[C@H](CO)[C@@H](O)[C@H](O)[C@H]5O)[C@H]5C(C)(C)[C@@H](O[C@@H]6OC[C@@H](O)[C@H](O)[C@H]6O)CC[C@@]56C[C@@]46CC[C@]23C)O1. The van der Waals surface area contributed by atoms with Gasteiger partial charge in [0.2, 0.25) is 0 Å². The van der Waals surface area contributed by atoms with Crippen LogP contribution in [0, 0.1) is 44.8 Å². The Hall–Kier alpha value is -0.560. The fourth-order valence-corrected chi connectivity index (χ4v) is 14.9. The summed E-state index contributed by atoms with van der Waals surface area (Å²) in [4.78, 5) is 0. The van der Waals surface area contributed by atoms with Gasteiger partial charge in [-0.2, -0.15) is 0 Å². The van der Waals surface area contributed by atoms with Gasteiger partial charge in [0.05, 0.1) is 48.8 Å². The first kappa shape index (κ1) is 41.2. The minimum Gasteiger partial charge on any atom is -0.394 e. The van der Waals surface area contributed by atoms with Crippen LogP contribution in [0.4, 0.5) is 0 Å². The predicted octanol–water partition coefficient (Wildman–Crippen LogP) is 0.724. The summed E-state index contributed by atoms with van der Waals surface area (Å²) in [5, 5.41) is 97.2. The molecule has 0 radical (unpaired) electrons. The van der Waals surface area contributed by atoms with Gasteiger partial charge in [0, 0.05) is 5.92 Å². The van der Waals surface area contributed by atoms with E-state index in [1.807, 2.05) is 0 Å². The zero-order valence-electron chi connectivity index (χ0n) is 33.6. The maximum atomic E-state index is 12.2. The average Bonchev–Trinajstić information content (AvgIpc) is 3.47. The second-order valence-corrected chi connectivity index (χ2v) is 21.1. The molecule has 14 heteroatoms. The topological polar surface area (TPSA) is 228 Å². The van der Waals surface area contributed by atoms with Crippen molar-refractivity contribution in [3.05, 3.63) is 0 Å². The summed E-state index contributed by atoms with van der Waals surface area (Å²) in [6.07, 6.45) is -7.48. The van der Waals surface area contributed by atoms with Crippen LogP contribution in [0.25, 0.3) is 0 Å². The predicted molar refractivity (Wildman–Crippen MR) is 194 cm³/mol. The van der Waals surface area contributed by atoms with E-state index in [2.05, 4.69) is 34.6 Å². The zero-order valence-corrected chi connectivity index (χ0v) is 33.6. The molecule has 3 aliphatic heterocycles. The van der Waals surface area contributed by atoms with Crippen LogP contribution in [0.15, 0.2) is 0 Å². The van der Waals surface area contributed by atoms with Crippen molar-refractivity contribution < 1.29 is 69.6 Å². The normalized spacial score (nSPS) is 58.7. The maximum absolute atomic E-state index is 12.2. The fraction of sp³-hybridized carbons (Fsp3) is 1.00. The molecule has 8 rings (SSSR count). The summed E-state index contributed by atoms with van der Waals surface area (Å²) in [5.74, 6) is -0.215. The van der Waals surface area contributed by atoms with Crippen molar-refractivity contribution >= 4 is 0 Å². The largest absolute Gasteiger partial charge is 0.394 e. The quantitative estimate of drug-likeness (QED) is 0.162. The second kappa shape index (κ2) is 13.2. The van der Waals surface area contributed by atoms with Gasteiger partial charge in [0.25, 0.3) is 0 Å². The minimum atomic E-state index is -1.60. The Kier molecular flexibility index (Phi) is 9.90.